The van der Waals surface area contributed by atoms with Gasteiger partial charge in [0, 0.05) is 29.0 Å². The van der Waals surface area contributed by atoms with E-state index >= 15 is 0 Å². The molecule has 174 valence electrons. The van der Waals surface area contributed by atoms with E-state index in [-0.39, 0.29) is 22.4 Å². The van der Waals surface area contributed by atoms with Crippen LogP contribution in [-0.4, -0.2) is 30.0 Å². The molecule has 0 amide bonds. The Labute approximate surface area is 196 Å². The molecule has 3 aliphatic rings. The summed E-state index contributed by atoms with van der Waals surface area (Å²) in [4.78, 5) is 4.72. The van der Waals surface area contributed by atoms with Gasteiger partial charge in [-0.1, -0.05) is 5.16 Å². The zero-order chi connectivity index (χ0) is 23.5. The molecule has 8 heteroatoms. The number of phenolic OH excluding ortho intramolecular Hbond substituents is 1. The number of hydrogen-bond donors (Lipinski definition) is 1. The molecule has 3 saturated carbocycles. The molecule has 2 aromatic carbocycles. The molecule has 2 bridgehead atoms. The zero-order valence-electron chi connectivity index (χ0n) is 19.3. The fourth-order valence-corrected chi connectivity index (χ4v) is 5.92. The van der Waals surface area contributed by atoms with E-state index in [1.165, 1.54) is 12.1 Å². The maximum Gasteiger partial charge on any atom is 0.233 e. The van der Waals surface area contributed by atoms with Crippen molar-refractivity contribution in [2.45, 2.75) is 56.3 Å². The van der Waals surface area contributed by atoms with E-state index in [9.17, 15) is 9.50 Å². The van der Waals surface area contributed by atoms with Gasteiger partial charge in [-0.3, -0.25) is 0 Å². The number of aromatic nitrogens is 5. The van der Waals surface area contributed by atoms with Crippen molar-refractivity contribution in [2.24, 2.45) is 7.05 Å². The summed E-state index contributed by atoms with van der Waals surface area (Å²) in [5.74, 6) is 3.02. The number of benzene rings is 2. The van der Waals surface area contributed by atoms with Crippen molar-refractivity contribution >= 4 is 0 Å². The molecule has 0 aliphatic heterocycles. The van der Waals surface area contributed by atoms with Gasteiger partial charge in [0.2, 0.25) is 11.7 Å². The average Bonchev–Trinajstić information content (AvgIpc) is 3.49. The van der Waals surface area contributed by atoms with Crippen LogP contribution < -0.4 is 0 Å². The van der Waals surface area contributed by atoms with Crippen LogP contribution in [0.15, 0.2) is 47.0 Å². The van der Waals surface area contributed by atoms with Crippen molar-refractivity contribution < 1.29 is 14.0 Å². The van der Waals surface area contributed by atoms with Crippen LogP contribution in [0.1, 0.15) is 55.8 Å². The quantitative estimate of drug-likeness (QED) is 0.450. The van der Waals surface area contributed by atoms with E-state index in [0.29, 0.717) is 11.7 Å². The second-order valence-electron chi connectivity index (χ2n) is 9.90. The number of nitrogens with zero attached hydrogens (tertiary/aromatic N) is 5. The summed E-state index contributed by atoms with van der Waals surface area (Å²) in [6.07, 6.45) is 5.83. The van der Waals surface area contributed by atoms with E-state index in [1.807, 2.05) is 20.0 Å². The van der Waals surface area contributed by atoms with Crippen LogP contribution in [0.5, 0.6) is 5.75 Å². The highest BCUT2D eigenvalue weighted by molar-refractivity contribution is 5.62. The third-order valence-electron chi connectivity index (χ3n) is 8.03. The summed E-state index contributed by atoms with van der Waals surface area (Å²) in [5.41, 5.74) is 2.59. The molecular weight excluding hydrogens is 433 g/mol. The highest BCUT2D eigenvalue weighted by Gasteiger charge is 2.54. The zero-order valence-corrected chi connectivity index (χ0v) is 19.3. The van der Waals surface area contributed by atoms with Crippen molar-refractivity contribution in [1.82, 2.24) is 24.9 Å². The maximum atomic E-state index is 13.3. The standard InChI is InChI=1S/C26H26FN5O2/c1-16-15-19(33)7-8-20(16)22-29-30-23(32(22)2)25-9-12-26(13-10-25,14-11-25)24-28-21(31-34-24)17-3-5-18(27)6-4-17/h3-8,15,33H,9-14H2,1-2H3. The molecule has 0 radical (unpaired) electrons. The topological polar surface area (TPSA) is 89.9 Å². The first-order valence-electron chi connectivity index (χ1n) is 11.7. The molecule has 4 aromatic rings. The first-order valence-corrected chi connectivity index (χ1v) is 11.7. The van der Waals surface area contributed by atoms with E-state index < -0.39 is 0 Å². The monoisotopic (exact) mass is 459 g/mol. The Balaban J connectivity index is 1.26. The summed E-state index contributed by atoms with van der Waals surface area (Å²) in [5, 5.41) is 23.2. The van der Waals surface area contributed by atoms with Gasteiger partial charge < -0.3 is 14.2 Å². The van der Waals surface area contributed by atoms with Crippen LogP contribution in [0.4, 0.5) is 4.39 Å². The van der Waals surface area contributed by atoms with Crippen molar-refractivity contribution in [3.8, 4) is 28.5 Å². The molecule has 3 aliphatic carbocycles. The minimum Gasteiger partial charge on any atom is -0.508 e. The lowest BCUT2D eigenvalue weighted by atomic mass is 9.53. The molecule has 0 unspecified atom stereocenters. The molecule has 3 fully saturated rings. The van der Waals surface area contributed by atoms with Crippen molar-refractivity contribution in [3.05, 3.63) is 65.6 Å². The van der Waals surface area contributed by atoms with E-state index in [2.05, 4.69) is 19.9 Å². The Bertz CT molecular complexity index is 1350. The lowest BCUT2D eigenvalue weighted by molar-refractivity contribution is 0.0689. The molecule has 7 nitrogen and oxygen atoms in total. The summed E-state index contributed by atoms with van der Waals surface area (Å²) in [7, 11) is 2.04. The van der Waals surface area contributed by atoms with Gasteiger partial charge in [-0.05, 0) is 93.5 Å². The summed E-state index contributed by atoms with van der Waals surface area (Å²) < 4.78 is 21.1. The lowest BCUT2D eigenvalue weighted by Crippen LogP contribution is -2.47. The Morgan fingerprint density at radius 3 is 2.29 bits per heavy atom. The minimum absolute atomic E-state index is 0.00756. The van der Waals surface area contributed by atoms with Crippen LogP contribution in [0, 0.1) is 12.7 Å². The third kappa shape index (κ3) is 3.15. The number of aromatic hydroxyl groups is 1. The molecule has 0 saturated heterocycles. The van der Waals surface area contributed by atoms with Gasteiger partial charge in [0.25, 0.3) is 0 Å². The third-order valence-corrected chi connectivity index (χ3v) is 8.03. The van der Waals surface area contributed by atoms with Crippen LogP contribution in [0.25, 0.3) is 22.8 Å². The highest BCUT2D eigenvalue weighted by Crippen LogP contribution is 2.58. The van der Waals surface area contributed by atoms with Gasteiger partial charge in [-0.25, -0.2) is 4.39 Å². The number of halogens is 1. The Hall–Kier alpha value is -3.55. The fraction of sp³-hybridized carbons (Fsp3) is 0.385. The van der Waals surface area contributed by atoms with Gasteiger partial charge >= 0.3 is 0 Å². The Morgan fingerprint density at radius 2 is 1.62 bits per heavy atom. The number of hydrogen-bond acceptors (Lipinski definition) is 6. The van der Waals surface area contributed by atoms with Crippen LogP contribution in [-0.2, 0) is 17.9 Å². The molecule has 2 heterocycles. The number of phenols is 1. The Morgan fingerprint density at radius 1 is 0.941 bits per heavy atom. The van der Waals surface area contributed by atoms with Gasteiger partial charge in [0.15, 0.2) is 5.82 Å². The van der Waals surface area contributed by atoms with Crippen molar-refractivity contribution in [2.75, 3.05) is 0 Å². The average molecular weight is 460 g/mol. The van der Waals surface area contributed by atoms with E-state index in [0.717, 1.165) is 66.9 Å². The number of rotatable bonds is 4. The van der Waals surface area contributed by atoms with Gasteiger partial charge in [-0.15, -0.1) is 10.2 Å². The van der Waals surface area contributed by atoms with Crippen LogP contribution >= 0.6 is 0 Å². The highest BCUT2D eigenvalue weighted by atomic mass is 19.1. The second kappa shape index (κ2) is 7.48. The molecule has 34 heavy (non-hydrogen) atoms. The molecule has 0 spiro atoms. The molecule has 1 N–H and O–H groups in total. The largest absolute Gasteiger partial charge is 0.508 e. The molecule has 2 aromatic heterocycles. The molecule has 7 rings (SSSR count). The number of aryl methyl sites for hydroxylation is 1. The summed E-state index contributed by atoms with van der Waals surface area (Å²) >= 11 is 0. The summed E-state index contributed by atoms with van der Waals surface area (Å²) in [6, 6.07) is 11.5. The lowest BCUT2D eigenvalue weighted by Gasteiger charge is -2.51. The molecular formula is C26H26FN5O2. The predicted octanol–water partition coefficient (Wildman–Crippen LogP) is 5.23. The maximum absolute atomic E-state index is 13.3. The van der Waals surface area contributed by atoms with E-state index in [1.54, 1.807) is 24.3 Å². The molecule has 0 atom stereocenters. The van der Waals surface area contributed by atoms with Gasteiger partial charge in [-0.2, -0.15) is 4.98 Å². The predicted molar refractivity (Wildman–Crippen MR) is 124 cm³/mol. The fourth-order valence-electron chi connectivity index (χ4n) is 5.92. The van der Waals surface area contributed by atoms with Crippen LogP contribution in [0.3, 0.4) is 0 Å². The SMILES string of the molecule is Cc1cc(O)ccc1-c1nnc(C23CCC(c4nc(-c5ccc(F)cc5)no4)(CC2)CC3)n1C. The first kappa shape index (κ1) is 21.0. The van der Waals surface area contributed by atoms with E-state index in [4.69, 9.17) is 9.51 Å². The second-order valence-corrected chi connectivity index (χ2v) is 9.90. The first-order chi connectivity index (χ1) is 16.4. The van der Waals surface area contributed by atoms with Gasteiger partial charge in [0.05, 0.1) is 0 Å². The van der Waals surface area contributed by atoms with Crippen molar-refractivity contribution in [3.63, 3.8) is 0 Å². The normalized spacial score (nSPS) is 24.0. The van der Waals surface area contributed by atoms with Crippen molar-refractivity contribution in [1.29, 1.82) is 0 Å². The van der Waals surface area contributed by atoms with Gasteiger partial charge in [0.1, 0.15) is 17.4 Å². The summed E-state index contributed by atoms with van der Waals surface area (Å²) in [6.45, 7) is 1.97. The Kier molecular flexibility index (Phi) is 4.62. The minimum atomic E-state index is -0.283. The smallest absolute Gasteiger partial charge is 0.233 e. The van der Waals surface area contributed by atoms with Crippen LogP contribution in [0.2, 0.25) is 0 Å². The number of fused-ring (bicyclic) bond motifs is 3.